The highest BCUT2D eigenvalue weighted by Crippen LogP contribution is 2.53. The predicted molar refractivity (Wildman–Crippen MR) is 155 cm³/mol. The van der Waals surface area contributed by atoms with Crippen LogP contribution < -0.4 is 19.8 Å². The van der Waals surface area contributed by atoms with E-state index in [-0.39, 0.29) is 29.2 Å². The number of rotatable bonds is 6. The SMILES string of the molecule is Cc1ccc(N2C(=O)C3Sc4[nH]c(=O)sc4C(c4ccc(OCC(=O)Nc5cccc(C)c5)cc4)C3C2=O)cc1. The van der Waals surface area contributed by atoms with Gasteiger partial charge in [-0.25, -0.2) is 4.90 Å². The number of aromatic nitrogens is 1. The van der Waals surface area contributed by atoms with Crippen molar-refractivity contribution >= 4 is 52.2 Å². The van der Waals surface area contributed by atoms with Crippen molar-refractivity contribution in [3.63, 3.8) is 0 Å². The van der Waals surface area contributed by atoms with Crippen molar-refractivity contribution in [1.29, 1.82) is 0 Å². The number of nitrogens with zero attached hydrogens (tertiary/aromatic N) is 1. The zero-order valence-corrected chi connectivity index (χ0v) is 23.3. The van der Waals surface area contributed by atoms with Gasteiger partial charge >= 0.3 is 4.87 Å². The highest BCUT2D eigenvalue weighted by atomic mass is 32.2. The highest BCUT2D eigenvalue weighted by molar-refractivity contribution is 8.00. The molecule has 3 aromatic carbocycles. The number of hydrogen-bond donors (Lipinski definition) is 2. The first kappa shape index (κ1) is 26.1. The molecule has 1 saturated heterocycles. The van der Waals surface area contributed by atoms with Crippen LogP contribution in [0.25, 0.3) is 0 Å². The van der Waals surface area contributed by atoms with Gasteiger partial charge in [0.05, 0.1) is 16.6 Å². The summed E-state index contributed by atoms with van der Waals surface area (Å²) in [5.41, 5.74) is 4.10. The van der Waals surface area contributed by atoms with Gasteiger partial charge in [-0.2, -0.15) is 0 Å². The van der Waals surface area contributed by atoms with Crippen molar-refractivity contribution in [2.24, 2.45) is 5.92 Å². The average Bonchev–Trinajstić information content (AvgIpc) is 3.42. The Morgan fingerprint density at radius 1 is 0.950 bits per heavy atom. The van der Waals surface area contributed by atoms with Crippen LogP contribution in [0.5, 0.6) is 5.75 Å². The summed E-state index contributed by atoms with van der Waals surface area (Å²) in [6, 6.07) is 21.9. The quantitative estimate of drug-likeness (QED) is 0.320. The number of ether oxygens (including phenoxy) is 1. The number of benzene rings is 3. The number of carbonyl (C=O) groups is 3. The maximum atomic E-state index is 13.8. The molecule has 0 bridgehead atoms. The van der Waals surface area contributed by atoms with Crippen LogP contribution in [0.15, 0.2) is 82.6 Å². The number of nitrogens with one attached hydrogen (secondary N) is 2. The Morgan fingerprint density at radius 2 is 1.70 bits per heavy atom. The maximum Gasteiger partial charge on any atom is 0.305 e. The van der Waals surface area contributed by atoms with Crippen LogP contribution in [-0.2, 0) is 14.4 Å². The lowest BCUT2D eigenvalue weighted by Gasteiger charge is -2.29. The van der Waals surface area contributed by atoms with E-state index in [1.807, 2.05) is 62.4 Å². The summed E-state index contributed by atoms with van der Waals surface area (Å²) in [5.74, 6) is -1.50. The van der Waals surface area contributed by atoms with E-state index >= 15 is 0 Å². The number of hydrogen-bond acceptors (Lipinski definition) is 7. The molecule has 3 atom stereocenters. The summed E-state index contributed by atoms with van der Waals surface area (Å²) in [5, 5.41) is 2.78. The first-order valence-corrected chi connectivity index (χ1v) is 14.4. The fourth-order valence-corrected chi connectivity index (χ4v) is 7.68. The zero-order chi connectivity index (χ0) is 28.0. The predicted octanol–water partition coefficient (Wildman–Crippen LogP) is 4.87. The fourth-order valence-electron chi connectivity index (χ4n) is 5.16. The van der Waals surface area contributed by atoms with E-state index in [1.54, 1.807) is 24.3 Å². The van der Waals surface area contributed by atoms with Crippen molar-refractivity contribution in [2.45, 2.75) is 30.0 Å². The van der Waals surface area contributed by atoms with Crippen molar-refractivity contribution in [3.05, 3.63) is 104 Å². The molecule has 3 heterocycles. The van der Waals surface area contributed by atoms with Gasteiger partial charge in [0.25, 0.3) is 5.91 Å². The van der Waals surface area contributed by atoms with Crippen molar-refractivity contribution in [2.75, 3.05) is 16.8 Å². The first-order chi connectivity index (χ1) is 19.3. The molecule has 8 nitrogen and oxygen atoms in total. The number of amides is 3. The van der Waals surface area contributed by atoms with Crippen molar-refractivity contribution < 1.29 is 19.1 Å². The van der Waals surface area contributed by atoms with Crippen LogP contribution in [0.4, 0.5) is 11.4 Å². The van der Waals surface area contributed by atoms with Gasteiger partial charge in [-0.1, -0.05) is 65.1 Å². The third-order valence-corrected chi connectivity index (χ3v) is 9.43. The minimum absolute atomic E-state index is 0.167. The van der Waals surface area contributed by atoms with Gasteiger partial charge in [-0.3, -0.25) is 19.2 Å². The van der Waals surface area contributed by atoms with Crippen LogP contribution in [0, 0.1) is 19.8 Å². The van der Waals surface area contributed by atoms with E-state index in [2.05, 4.69) is 10.3 Å². The van der Waals surface area contributed by atoms with Crippen molar-refractivity contribution in [3.8, 4) is 5.75 Å². The Balaban J connectivity index is 1.24. The monoisotopic (exact) mass is 571 g/mol. The molecule has 2 aliphatic heterocycles. The Hall–Kier alpha value is -4.15. The molecule has 4 aromatic rings. The molecular weight excluding hydrogens is 546 g/mol. The first-order valence-electron chi connectivity index (χ1n) is 12.7. The van der Waals surface area contributed by atoms with Gasteiger partial charge in [0.2, 0.25) is 11.8 Å². The van der Waals surface area contributed by atoms with Crippen LogP contribution in [0.2, 0.25) is 0 Å². The molecule has 6 rings (SSSR count). The van der Waals surface area contributed by atoms with Gasteiger partial charge in [-0.15, -0.1) is 0 Å². The number of carbonyl (C=O) groups excluding carboxylic acids is 3. The summed E-state index contributed by atoms with van der Waals surface area (Å²) in [4.78, 5) is 56.6. The molecule has 3 unspecified atom stereocenters. The van der Waals surface area contributed by atoms with E-state index in [9.17, 15) is 19.2 Å². The Bertz CT molecular complexity index is 1680. The maximum absolute atomic E-state index is 13.8. The molecular formula is C30H25N3O5S2. The molecule has 0 radical (unpaired) electrons. The number of aromatic amines is 1. The summed E-state index contributed by atoms with van der Waals surface area (Å²) in [7, 11) is 0. The number of thiazole rings is 1. The number of thioether (sulfide) groups is 1. The van der Waals surface area contributed by atoms with Crippen LogP contribution in [0.3, 0.4) is 0 Å². The minimum Gasteiger partial charge on any atom is -0.484 e. The molecule has 0 spiro atoms. The zero-order valence-electron chi connectivity index (χ0n) is 21.7. The lowest BCUT2D eigenvalue weighted by molar-refractivity contribution is -0.122. The average molecular weight is 572 g/mol. The second-order valence-corrected chi connectivity index (χ2v) is 12.0. The molecule has 1 fully saturated rings. The number of anilines is 2. The number of fused-ring (bicyclic) bond motifs is 2. The Kier molecular flexibility index (Phi) is 6.81. The summed E-state index contributed by atoms with van der Waals surface area (Å²) in [6.07, 6.45) is 0. The number of imide groups is 1. The van der Waals surface area contributed by atoms with Gasteiger partial charge in [0, 0.05) is 16.5 Å². The van der Waals surface area contributed by atoms with E-state index < -0.39 is 17.1 Å². The van der Waals surface area contributed by atoms with Gasteiger partial charge in [0.1, 0.15) is 11.0 Å². The third kappa shape index (κ3) is 4.84. The molecule has 2 aliphatic rings. The van der Waals surface area contributed by atoms with Crippen LogP contribution in [0.1, 0.15) is 27.5 Å². The van der Waals surface area contributed by atoms with Gasteiger partial charge in [0.15, 0.2) is 6.61 Å². The third-order valence-electron chi connectivity index (χ3n) is 7.03. The number of aryl methyl sites for hydroxylation is 2. The molecule has 0 aliphatic carbocycles. The van der Waals surface area contributed by atoms with Crippen LogP contribution >= 0.6 is 23.1 Å². The number of H-pyrrole nitrogens is 1. The van der Waals surface area contributed by atoms with Crippen LogP contribution in [-0.4, -0.2) is 34.6 Å². The Labute approximate surface area is 238 Å². The van der Waals surface area contributed by atoms with E-state index in [0.29, 0.717) is 22.2 Å². The lowest BCUT2D eigenvalue weighted by Crippen LogP contribution is -2.32. The van der Waals surface area contributed by atoms with Gasteiger partial charge in [-0.05, 0) is 61.4 Å². The summed E-state index contributed by atoms with van der Waals surface area (Å²) < 4.78 is 5.70. The molecule has 2 N–H and O–H groups in total. The lowest BCUT2D eigenvalue weighted by atomic mass is 9.83. The van der Waals surface area contributed by atoms with Crippen molar-refractivity contribution in [1.82, 2.24) is 4.98 Å². The standard InChI is InChI=1S/C30H25N3O5S2/c1-16-6-10-20(11-7-16)33-28(35)24-23(25-27(32-30(37)40-25)39-26(24)29(33)36)18-8-12-21(13-9-18)38-15-22(34)31-19-5-3-4-17(2)14-19/h3-14,23-24,26H,15H2,1-2H3,(H,31,34)(H,32,37). The fraction of sp³-hybridized carbons (Fsp3) is 0.200. The molecule has 202 valence electrons. The second-order valence-electron chi connectivity index (χ2n) is 9.87. The Morgan fingerprint density at radius 3 is 2.42 bits per heavy atom. The molecule has 0 saturated carbocycles. The molecule has 10 heteroatoms. The largest absolute Gasteiger partial charge is 0.484 e. The smallest absolute Gasteiger partial charge is 0.305 e. The molecule has 40 heavy (non-hydrogen) atoms. The minimum atomic E-state index is -0.662. The van der Waals surface area contributed by atoms with E-state index in [1.165, 1.54) is 16.7 Å². The van der Waals surface area contributed by atoms with Gasteiger partial charge < -0.3 is 15.0 Å². The van der Waals surface area contributed by atoms with E-state index in [4.69, 9.17) is 4.74 Å². The summed E-state index contributed by atoms with van der Waals surface area (Å²) >= 11 is 2.32. The second kappa shape index (κ2) is 10.4. The highest BCUT2D eigenvalue weighted by Gasteiger charge is 2.56. The molecule has 3 amide bonds. The normalized spacial score (nSPS) is 19.8. The van der Waals surface area contributed by atoms with E-state index in [0.717, 1.165) is 32.9 Å². The molecule has 1 aromatic heterocycles. The topological polar surface area (TPSA) is 109 Å². The summed E-state index contributed by atoms with van der Waals surface area (Å²) in [6.45, 7) is 3.73.